The Labute approximate surface area is 439 Å². The molecule has 0 saturated carbocycles. The minimum absolute atomic E-state index is 0. The Morgan fingerprint density at radius 3 is 2.05 bits per heavy atom. The van der Waals surface area contributed by atoms with Crippen LogP contribution in [-0.2, 0) is 43.9 Å². The maximum Gasteiger partial charge on any atom is 1.00 e. The number of phenols is 1. The molecule has 0 aliphatic carbocycles. The number of fused-ring (bicyclic) bond motifs is 1. The summed E-state index contributed by atoms with van der Waals surface area (Å²) in [6.45, 7) is -0.867. The number of nitrogens with zero attached hydrogens (tertiary/aromatic N) is 5. The molecule has 0 bridgehead atoms. The van der Waals surface area contributed by atoms with Gasteiger partial charge in [0, 0.05) is 28.0 Å². The molecule has 0 aliphatic rings. The summed E-state index contributed by atoms with van der Waals surface area (Å²) in [5, 5.41) is 42.5. The maximum atomic E-state index is 13.1. The molecule has 64 heavy (non-hydrogen) atoms. The van der Waals surface area contributed by atoms with E-state index in [0.717, 1.165) is 12.1 Å². The topological polar surface area (TPSA) is 336 Å². The van der Waals surface area contributed by atoms with Crippen molar-refractivity contribution in [1.29, 1.82) is 0 Å². The van der Waals surface area contributed by atoms with Crippen molar-refractivity contribution in [2.45, 2.75) is 14.7 Å². The fourth-order valence-corrected chi connectivity index (χ4v) is 7.87. The maximum absolute atomic E-state index is 13.1. The molecular weight excluding hydrogens is 977 g/mol. The van der Waals surface area contributed by atoms with Crippen LogP contribution in [0, 0.1) is 0 Å². The van der Waals surface area contributed by atoms with Crippen LogP contribution in [0.3, 0.4) is 0 Å². The Kier molecular flexibility index (Phi) is 21.0. The zero-order valence-electron chi connectivity index (χ0n) is 33.2. The van der Waals surface area contributed by atoms with Crippen LogP contribution in [0.15, 0.2) is 122 Å². The van der Waals surface area contributed by atoms with E-state index >= 15 is 0 Å². The molecule has 30 heteroatoms. The van der Waals surface area contributed by atoms with Crippen molar-refractivity contribution in [3.63, 3.8) is 0 Å². The van der Waals surface area contributed by atoms with Gasteiger partial charge in [0.2, 0.25) is 27.6 Å². The van der Waals surface area contributed by atoms with Gasteiger partial charge in [0.15, 0.2) is 15.6 Å². The molecule has 22 nitrogen and oxygen atoms in total. The molecule has 4 N–H and O–H groups in total. The predicted molar refractivity (Wildman–Crippen MR) is 212 cm³/mol. The van der Waals surface area contributed by atoms with E-state index < -0.39 is 53.5 Å². The molecule has 0 fully saturated rings. The number of hydrogen-bond acceptors (Lipinski definition) is 22. The van der Waals surface area contributed by atoms with Crippen molar-refractivity contribution in [3.8, 4) is 5.75 Å². The molecule has 0 radical (unpaired) electrons. The van der Waals surface area contributed by atoms with Gasteiger partial charge in [-0.25, -0.2) is 25.3 Å². The minimum atomic E-state index is -5.06. The van der Waals surface area contributed by atoms with Gasteiger partial charge < -0.3 is 35.4 Å². The number of azo groups is 1. The molecule has 0 atom stereocenters. The van der Waals surface area contributed by atoms with Gasteiger partial charge in [-0.2, -0.15) is 24.4 Å². The Bertz CT molecular complexity index is 3020. The summed E-state index contributed by atoms with van der Waals surface area (Å²) in [6, 6.07) is 21.9. The van der Waals surface area contributed by atoms with Crippen LogP contribution in [0.4, 0.5) is 40.3 Å². The fraction of sp³-hybridized carbons (Fsp3) is 0.0588. The summed E-state index contributed by atoms with van der Waals surface area (Å²) >= 11 is 6.52. The first kappa shape index (κ1) is 55.4. The van der Waals surface area contributed by atoms with E-state index in [9.17, 15) is 49.5 Å². The Morgan fingerprint density at radius 1 is 0.766 bits per heavy atom. The van der Waals surface area contributed by atoms with Crippen molar-refractivity contribution in [1.82, 2.24) is 15.0 Å². The summed E-state index contributed by atoms with van der Waals surface area (Å²) in [5.74, 6) is -1.93. The van der Waals surface area contributed by atoms with Crippen molar-refractivity contribution in [2.24, 2.45) is 10.2 Å². The molecule has 1 aromatic heterocycles. The number of carbonyl (C=O) groups is 1. The number of sulfone groups is 1. The summed E-state index contributed by atoms with van der Waals surface area (Å²) in [7, 11) is -13.8. The third-order valence-electron chi connectivity index (χ3n) is 7.87. The van der Waals surface area contributed by atoms with E-state index in [0.29, 0.717) is 23.1 Å². The van der Waals surface area contributed by atoms with Crippen molar-refractivity contribution in [3.05, 3.63) is 108 Å². The molecule has 318 valence electrons. The fourth-order valence-electron chi connectivity index (χ4n) is 5.22. The van der Waals surface area contributed by atoms with Crippen LogP contribution in [0.1, 0.15) is 10.4 Å². The summed E-state index contributed by atoms with van der Waals surface area (Å²) < 4.78 is 99.4. The number of aromatic hydroxyl groups is 1. The Hall–Kier alpha value is -2.91. The molecule has 6 aromatic rings. The first-order valence-electron chi connectivity index (χ1n) is 16.6. The molecular formula is C34H24ClN8Na3O14S4. The number of anilines is 5. The minimum Gasteiger partial charge on any atom is -0.744 e. The average Bonchev–Trinajstić information content (AvgIpc) is 3.19. The van der Waals surface area contributed by atoms with Gasteiger partial charge in [-0.05, 0) is 102 Å². The van der Waals surface area contributed by atoms with Crippen molar-refractivity contribution >= 4 is 111 Å². The molecule has 1 heterocycles. The van der Waals surface area contributed by atoms with E-state index in [-0.39, 0.29) is 155 Å². The summed E-state index contributed by atoms with van der Waals surface area (Å²) in [5.41, 5.74) is 0.877. The quantitative estimate of drug-likeness (QED) is 0.0128. The predicted octanol–water partition coefficient (Wildman–Crippen LogP) is -4.06. The second kappa shape index (κ2) is 24.2. The number of aromatic nitrogens is 3. The zero-order valence-corrected chi connectivity index (χ0v) is 43.2. The van der Waals surface area contributed by atoms with Gasteiger partial charge in [0.1, 0.15) is 15.8 Å². The van der Waals surface area contributed by atoms with Crippen molar-refractivity contribution < 1.29 is 152 Å². The summed E-state index contributed by atoms with van der Waals surface area (Å²) in [4.78, 5) is 24.7. The molecule has 1 amide bonds. The van der Waals surface area contributed by atoms with Gasteiger partial charge in [-0.3, -0.25) is 14.0 Å². The normalized spacial score (nSPS) is 11.6. The van der Waals surface area contributed by atoms with E-state index in [1.807, 2.05) is 0 Å². The van der Waals surface area contributed by atoms with Crippen LogP contribution < -0.4 is 110 Å². The number of hydrogen-bond donors (Lipinski definition) is 4. The van der Waals surface area contributed by atoms with Gasteiger partial charge in [-0.15, -0.1) is 5.11 Å². The van der Waals surface area contributed by atoms with Gasteiger partial charge in [0.05, 0.1) is 44.8 Å². The zero-order chi connectivity index (χ0) is 44.0. The molecule has 0 spiro atoms. The Morgan fingerprint density at radius 2 is 1.41 bits per heavy atom. The molecule has 6 rings (SSSR count). The molecule has 5 aromatic carbocycles. The smallest absolute Gasteiger partial charge is 0.744 e. The van der Waals surface area contributed by atoms with Crippen LogP contribution in [-0.4, -0.2) is 72.7 Å². The van der Waals surface area contributed by atoms with Crippen LogP contribution in [0.25, 0.3) is 10.8 Å². The number of phenolic OH excluding ortho intramolecular Hbond substituents is 1. The summed E-state index contributed by atoms with van der Waals surface area (Å²) in [6.07, 6.45) is 0. The largest absolute Gasteiger partial charge is 1.00 e. The monoisotopic (exact) mass is 1000 g/mol. The second-order valence-corrected chi connectivity index (χ2v) is 17.6. The molecule has 0 unspecified atom stereocenters. The third-order valence-corrected chi connectivity index (χ3v) is 11.6. The van der Waals surface area contributed by atoms with E-state index in [4.69, 9.17) is 11.6 Å². The van der Waals surface area contributed by atoms with Gasteiger partial charge in [-0.1, -0.05) is 12.1 Å². The van der Waals surface area contributed by atoms with Crippen LogP contribution in [0.2, 0.25) is 5.28 Å². The number of amides is 1. The number of halogens is 1. The number of nitrogens with one attached hydrogen (secondary N) is 3. The molecule has 0 aliphatic heterocycles. The first-order valence-corrected chi connectivity index (χ1v) is 22.1. The van der Waals surface area contributed by atoms with Crippen molar-refractivity contribution in [2.75, 3.05) is 28.3 Å². The van der Waals surface area contributed by atoms with Gasteiger partial charge >= 0.3 is 88.7 Å². The van der Waals surface area contributed by atoms with Crippen LogP contribution in [0.5, 0.6) is 5.75 Å². The van der Waals surface area contributed by atoms with E-state index in [1.165, 1.54) is 72.8 Å². The average molecular weight is 1000 g/mol. The number of benzene rings is 5. The SMILES string of the molecule is O=C(Nc1ccc(S(=O)(=O)CCOS(=O)(=O)[O-])cc1)c1cccc(N=Nc2c(SOO[O-])cc3cc(Nc4nc(Cl)nc(Nc5cccc(S(=O)(=O)[O-])c5)n4)ccc3c2O)c1.[Na+].[Na+].[Na+]. The second-order valence-electron chi connectivity index (χ2n) is 12.0. The van der Waals surface area contributed by atoms with E-state index in [2.05, 4.69) is 54.7 Å². The number of rotatable bonds is 17. The Balaban J connectivity index is 0.00000363. The third kappa shape index (κ3) is 15.6. The van der Waals surface area contributed by atoms with E-state index in [1.54, 1.807) is 12.1 Å². The standard InChI is InChI=1S/C34H27ClN8O14S4.3Na/c35-32-39-33(37-22-4-2-6-26(18-22)60(49,50)51)41-34(40-32)38-23-9-12-27-20(16-23)17-28(58-57-56-46)29(30(27)44)43-42-24-5-1-3-19(15-24)31(45)36-21-7-10-25(11-8-21)59(47,48)14-13-55-61(52,53)54;;;/h1-12,15-18,44,46H,13-14H2,(H,36,45)(H,49,50,51)(H,52,53,54)(H2,37,38,39,40,41);;;/q;3*+1/p-3. The first-order chi connectivity index (χ1) is 28.9. The molecule has 0 saturated heterocycles. The number of carbonyl (C=O) groups excluding carboxylic acids is 1. The van der Waals surface area contributed by atoms with Crippen LogP contribution >= 0.6 is 23.6 Å². The van der Waals surface area contributed by atoms with Gasteiger partial charge in [0.25, 0.3) is 5.91 Å².